The summed E-state index contributed by atoms with van der Waals surface area (Å²) in [5, 5.41) is 0. The highest BCUT2D eigenvalue weighted by Gasteiger charge is 2.24. The van der Waals surface area contributed by atoms with Gasteiger partial charge in [0.15, 0.2) is 5.76 Å². The maximum atomic E-state index is 12.9. The van der Waals surface area contributed by atoms with Crippen LogP contribution in [0.15, 0.2) is 70.0 Å². The summed E-state index contributed by atoms with van der Waals surface area (Å²) in [6.45, 7) is 4.74. The number of piperazine rings is 1. The Morgan fingerprint density at radius 3 is 2.29 bits per heavy atom. The Morgan fingerprint density at radius 2 is 1.65 bits per heavy atom. The summed E-state index contributed by atoms with van der Waals surface area (Å²) in [6, 6.07) is 19.0. The summed E-state index contributed by atoms with van der Waals surface area (Å²) in [5.74, 6) is 1.81. The maximum Gasteiger partial charge on any atom is 0.289 e. The minimum atomic E-state index is -1.21. The van der Waals surface area contributed by atoms with Gasteiger partial charge in [0.05, 0.1) is 23.7 Å². The van der Waals surface area contributed by atoms with Gasteiger partial charge in [0.25, 0.3) is 5.91 Å². The van der Waals surface area contributed by atoms with Crippen LogP contribution in [0.25, 0.3) is 0 Å². The molecule has 4 rings (SSSR count). The molecule has 6 nitrogen and oxygen atoms in total. The summed E-state index contributed by atoms with van der Waals surface area (Å²) in [7, 11) is 0.442. The fraction of sp³-hybridized carbons (Fsp3) is 0.292. The highest BCUT2D eigenvalue weighted by atomic mass is 32.2. The quantitative estimate of drug-likeness (QED) is 0.585. The molecule has 1 fully saturated rings. The molecular weight excluding hydrogens is 412 g/mol. The van der Waals surface area contributed by atoms with E-state index in [4.69, 9.17) is 9.15 Å². The fourth-order valence-corrected chi connectivity index (χ4v) is 4.61. The van der Waals surface area contributed by atoms with Crippen LogP contribution in [-0.4, -0.2) is 48.3 Å². The molecule has 1 atom stereocenters. The molecule has 1 aliphatic rings. The lowest BCUT2D eigenvalue weighted by molar-refractivity contribution is 0.0713. The van der Waals surface area contributed by atoms with Gasteiger partial charge in [-0.05, 0) is 55.5 Å². The van der Waals surface area contributed by atoms with Gasteiger partial charge in [-0.15, -0.1) is 0 Å². The third-order valence-corrected chi connectivity index (χ3v) is 6.78. The van der Waals surface area contributed by atoms with Crippen molar-refractivity contribution < 1.29 is 18.2 Å². The highest BCUT2D eigenvalue weighted by molar-refractivity contribution is 7.84. The van der Waals surface area contributed by atoms with Crippen molar-refractivity contribution in [2.75, 3.05) is 38.2 Å². The summed E-state index contributed by atoms with van der Waals surface area (Å²) in [4.78, 5) is 17.7. The zero-order valence-corrected chi connectivity index (χ0v) is 18.6. The Balaban J connectivity index is 1.33. The van der Waals surface area contributed by atoms with E-state index >= 15 is 0 Å². The number of carbonyl (C=O) groups excluding carboxylic acids is 1. The predicted octanol–water partition coefficient (Wildman–Crippen LogP) is 3.87. The summed E-state index contributed by atoms with van der Waals surface area (Å²) in [6.07, 6.45) is 0. The first-order chi connectivity index (χ1) is 15.0. The van der Waals surface area contributed by atoms with Crippen molar-refractivity contribution in [2.45, 2.75) is 17.6 Å². The number of anilines is 1. The molecule has 2 aromatic carbocycles. The van der Waals surface area contributed by atoms with Crippen LogP contribution in [0.2, 0.25) is 0 Å². The number of hydrogen-bond donors (Lipinski definition) is 0. The van der Waals surface area contributed by atoms with Gasteiger partial charge in [0.1, 0.15) is 11.5 Å². The van der Waals surface area contributed by atoms with E-state index in [0.29, 0.717) is 24.6 Å². The zero-order valence-electron chi connectivity index (χ0n) is 17.7. The van der Waals surface area contributed by atoms with Crippen LogP contribution in [0.1, 0.15) is 21.9 Å². The molecule has 0 spiro atoms. The number of furan rings is 1. The Morgan fingerprint density at radius 1 is 0.968 bits per heavy atom. The van der Waals surface area contributed by atoms with Gasteiger partial charge in [0, 0.05) is 36.8 Å². The minimum Gasteiger partial charge on any atom is -0.497 e. The van der Waals surface area contributed by atoms with Crippen LogP contribution in [-0.2, 0) is 16.6 Å². The van der Waals surface area contributed by atoms with E-state index in [-0.39, 0.29) is 11.7 Å². The van der Waals surface area contributed by atoms with Crippen molar-refractivity contribution in [3.8, 4) is 5.75 Å². The highest BCUT2D eigenvalue weighted by Crippen LogP contribution is 2.22. The van der Waals surface area contributed by atoms with E-state index in [2.05, 4.69) is 4.90 Å². The smallest absolute Gasteiger partial charge is 0.289 e. The lowest BCUT2D eigenvalue weighted by Crippen LogP contribution is -2.48. The first kappa shape index (κ1) is 21.2. The number of ether oxygens (including phenoxy) is 1. The topological polar surface area (TPSA) is 63.0 Å². The Kier molecular flexibility index (Phi) is 6.42. The molecule has 0 N–H and O–H groups in total. The van der Waals surface area contributed by atoms with Crippen LogP contribution in [0.5, 0.6) is 5.75 Å². The van der Waals surface area contributed by atoms with Gasteiger partial charge in [-0.2, -0.15) is 0 Å². The Hall–Kier alpha value is -3.06. The maximum absolute atomic E-state index is 12.9. The van der Waals surface area contributed by atoms with Crippen LogP contribution < -0.4 is 9.64 Å². The van der Waals surface area contributed by atoms with Gasteiger partial charge >= 0.3 is 0 Å². The van der Waals surface area contributed by atoms with Crippen molar-refractivity contribution in [3.63, 3.8) is 0 Å². The number of aryl methyl sites for hydroxylation is 1. The summed E-state index contributed by atoms with van der Waals surface area (Å²) < 4.78 is 23.5. The number of rotatable bonds is 6. The molecule has 0 aliphatic carbocycles. The van der Waals surface area contributed by atoms with E-state index in [1.165, 1.54) is 0 Å². The van der Waals surface area contributed by atoms with Gasteiger partial charge in [-0.3, -0.25) is 9.00 Å². The van der Waals surface area contributed by atoms with Crippen molar-refractivity contribution in [1.29, 1.82) is 0 Å². The molecule has 2 heterocycles. The molecule has 1 saturated heterocycles. The average molecular weight is 439 g/mol. The van der Waals surface area contributed by atoms with Crippen LogP contribution in [0, 0.1) is 6.92 Å². The molecule has 31 heavy (non-hydrogen) atoms. The fourth-order valence-electron chi connectivity index (χ4n) is 3.59. The monoisotopic (exact) mass is 438 g/mol. The molecule has 162 valence electrons. The van der Waals surface area contributed by atoms with E-state index in [1.54, 1.807) is 24.1 Å². The van der Waals surface area contributed by atoms with E-state index in [9.17, 15) is 9.00 Å². The second-order valence-electron chi connectivity index (χ2n) is 7.55. The number of nitrogens with zero attached hydrogens (tertiary/aromatic N) is 2. The number of benzene rings is 2. The number of methoxy groups -OCH3 is 1. The lowest BCUT2D eigenvalue weighted by Gasteiger charge is -2.35. The average Bonchev–Trinajstić information content (AvgIpc) is 3.27. The predicted molar refractivity (Wildman–Crippen MR) is 121 cm³/mol. The first-order valence-electron chi connectivity index (χ1n) is 10.3. The molecule has 1 aromatic heterocycles. The lowest BCUT2D eigenvalue weighted by atomic mass is 10.2. The van der Waals surface area contributed by atoms with Crippen molar-refractivity contribution in [2.24, 2.45) is 0 Å². The minimum absolute atomic E-state index is 0.123. The van der Waals surface area contributed by atoms with Crippen molar-refractivity contribution in [3.05, 3.63) is 77.7 Å². The molecule has 0 bridgehead atoms. The molecule has 1 aliphatic heterocycles. The van der Waals surface area contributed by atoms with E-state index in [1.807, 2.05) is 55.5 Å². The van der Waals surface area contributed by atoms with Gasteiger partial charge in [-0.1, -0.05) is 17.7 Å². The normalized spacial score (nSPS) is 15.0. The largest absolute Gasteiger partial charge is 0.497 e. The molecule has 1 amide bonds. The SMILES string of the molecule is COc1ccc(N2CCN(C(=O)c3ccc(C[S@](=O)c4ccc(C)cc4)o3)CC2)cc1. The Bertz CT molecular complexity index is 1050. The summed E-state index contributed by atoms with van der Waals surface area (Å²) in [5.41, 5.74) is 2.24. The number of hydrogen-bond acceptors (Lipinski definition) is 5. The zero-order chi connectivity index (χ0) is 21.8. The molecular formula is C24H26N2O4S. The number of carbonyl (C=O) groups is 1. The number of amides is 1. The first-order valence-corrected chi connectivity index (χ1v) is 11.6. The molecule has 3 aromatic rings. The summed E-state index contributed by atoms with van der Waals surface area (Å²) >= 11 is 0. The third kappa shape index (κ3) is 4.99. The third-order valence-electron chi connectivity index (χ3n) is 5.43. The molecule has 0 radical (unpaired) electrons. The molecule has 7 heteroatoms. The second-order valence-corrected chi connectivity index (χ2v) is 9.00. The van der Waals surface area contributed by atoms with Crippen LogP contribution >= 0.6 is 0 Å². The van der Waals surface area contributed by atoms with Crippen LogP contribution in [0.3, 0.4) is 0 Å². The van der Waals surface area contributed by atoms with Crippen molar-refractivity contribution >= 4 is 22.4 Å². The Labute approximate surface area is 184 Å². The van der Waals surface area contributed by atoms with Crippen molar-refractivity contribution in [1.82, 2.24) is 4.90 Å². The standard InChI is InChI=1S/C24H26N2O4S/c1-18-3-10-22(11-4-18)31(28)17-21-9-12-23(30-21)24(27)26-15-13-25(14-16-26)19-5-7-20(29-2)8-6-19/h3-12H,13-17H2,1-2H3/t31-/m0/s1. The second kappa shape index (κ2) is 9.39. The van der Waals surface area contributed by atoms with Crippen LogP contribution in [0.4, 0.5) is 5.69 Å². The van der Waals surface area contributed by atoms with Gasteiger partial charge in [0.2, 0.25) is 0 Å². The molecule has 0 saturated carbocycles. The van der Waals surface area contributed by atoms with Gasteiger partial charge < -0.3 is 19.0 Å². The van der Waals surface area contributed by atoms with E-state index in [0.717, 1.165) is 35.0 Å². The molecule has 0 unspecified atom stereocenters. The van der Waals surface area contributed by atoms with Gasteiger partial charge in [-0.25, -0.2) is 0 Å². The van der Waals surface area contributed by atoms with E-state index < -0.39 is 10.8 Å².